The number of thiol groups is 1. The molecule has 0 radical (unpaired) electrons. The van der Waals surface area contributed by atoms with Crippen LogP contribution in [0.5, 0.6) is 0 Å². The molecule has 4 fully saturated rings. The van der Waals surface area contributed by atoms with E-state index in [2.05, 4.69) is 23.2 Å². The second-order valence-electron chi connectivity index (χ2n) is 10.5. The molecule has 156 valence electrons. The maximum atomic E-state index is 6.90. The molecule has 1 aliphatic heterocycles. The van der Waals surface area contributed by atoms with E-state index in [0.717, 1.165) is 45.6 Å². The summed E-state index contributed by atoms with van der Waals surface area (Å²) >= 11 is 6.20. The van der Waals surface area contributed by atoms with Crippen molar-refractivity contribution in [1.82, 2.24) is 4.98 Å². The third kappa shape index (κ3) is 2.62. The van der Waals surface area contributed by atoms with E-state index in [0.29, 0.717) is 14.7 Å². The molecule has 2 nitrogen and oxygen atoms in total. The molecule has 3 saturated carbocycles. The van der Waals surface area contributed by atoms with Gasteiger partial charge in [-0.2, -0.15) is 0 Å². The molecule has 4 heteroatoms. The molecule has 6 rings (SSSR count). The van der Waals surface area contributed by atoms with Crippen LogP contribution in [0, 0.1) is 17.8 Å². The molecule has 2 bridgehead atoms. The van der Waals surface area contributed by atoms with E-state index >= 15 is 0 Å². The first-order valence-electron chi connectivity index (χ1n) is 11.8. The van der Waals surface area contributed by atoms with Crippen LogP contribution in [0.15, 0.2) is 36.2 Å². The molecule has 7 unspecified atom stereocenters. The standard InChI is InChI=1S/C25H34N2SSe/c26-20(8-6-17-4-3-15-27-16-17)19-7-9-22-24(19)14-11-21-23(28)12-2-1-5-18(23)10-13-25(21,22)29-24/h3-4,10,15-16,19-22,28H,1-2,5-9,11-14,26H2. The van der Waals surface area contributed by atoms with Gasteiger partial charge in [0.25, 0.3) is 0 Å². The molecule has 1 aromatic rings. The predicted molar refractivity (Wildman–Crippen MR) is 123 cm³/mol. The second-order valence-corrected chi connectivity index (χ2v) is 14.9. The predicted octanol–water partition coefficient (Wildman–Crippen LogP) is 5.39. The minimum atomic E-state index is 0.241. The number of fused-ring (bicyclic) bond motifs is 2. The summed E-state index contributed by atoms with van der Waals surface area (Å²) in [6.07, 6.45) is 21.3. The van der Waals surface area contributed by atoms with Gasteiger partial charge in [0, 0.05) is 0 Å². The van der Waals surface area contributed by atoms with Gasteiger partial charge in [-0.1, -0.05) is 0 Å². The number of hydrogen-bond donors (Lipinski definition) is 2. The first-order valence-corrected chi connectivity index (χ1v) is 14.0. The molecule has 7 atom stereocenters. The topological polar surface area (TPSA) is 38.9 Å². The van der Waals surface area contributed by atoms with Crippen molar-refractivity contribution in [3.05, 3.63) is 41.7 Å². The summed E-state index contributed by atoms with van der Waals surface area (Å²) in [5.74, 6) is 2.58. The van der Waals surface area contributed by atoms with Crippen molar-refractivity contribution in [2.45, 2.75) is 90.0 Å². The van der Waals surface area contributed by atoms with Crippen molar-refractivity contribution in [2.24, 2.45) is 23.5 Å². The third-order valence-corrected chi connectivity index (χ3v) is 15.0. The van der Waals surface area contributed by atoms with Crippen LogP contribution in [-0.2, 0) is 6.42 Å². The van der Waals surface area contributed by atoms with E-state index in [1.807, 2.05) is 12.4 Å². The summed E-state index contributed by atoms with van der Waals surface area (Å²) in [5.41, 5.74) is 9.97. The zero-order valence-corrected chi connectivity index (χ0v) is 20.0. The molecule has 2 heterocycles. The maximum absolute atomic E-state index is 6.90. The van der Waals surface area contributed by atoms with E-state index in [-0.39, 0.29) is 4.75 Å². The van der Waals surface area contributed by atoms with Gasteiger partial charge < -0.3 is 0 Å². The fourth-order valence-electron chi connectivity index (χ4n) is 8.28. The number of aromatic nitrogens is 1. The Morgan fingerprint density at radius 2 is 2.10 bits per heavy atom. The average molecular weight is 474 g/mol. The van der Waals surface area contributed by atoms with E-state index in [1.165, 1.54) is 63.4 Å². The van der Waals surface area contributed by atoms with Crippen molar-refractivity contribution in [3.8, 4) is 0 Å². The van der Waals surface area contributed by atoms with Gasteiger partial charge in [-0.05, 0) is 0 Å². The first kappa shape index (κ1) is 19.4. The molecule has 29 heavy (non-hydrogen) atoms. The van der Waals surface area contributed by atoms with Crippen LogP contribution in [0.4, 0.5) is 0 Å². The van der Waals surface area contributed by atoms with Crippen molar-refractivity contribution >= 4 is 27.6 Å². The van der Waals surface area contributed by atoms with Crippen molar-refractivity contribution in [1.29, 1.82) is 0 Å². The summed E-state index contributed by atoms with van der Waals surface area (Å²) in [7, 11) is 0. The molecular formula is C25H34N2SSe. The van der Waals surface area contributed by atoms with E-state index in [4.69, 9.17) is 18.4 Å². The van der Waals surface area contributed by atoms with Crippen LogP contribution in [0.3, 0.4) is 0 Å². The van der Waals surface area contributed by atoms with Gasteiger partial charge in [0.15, 0.2) is 0 Å². The molecule has 1 saturated heterocycles. The van der Waals surface area contributed by atoms with Crippen LogP contribution in [0.1, 0.15) is 69.8 Å². The minimum absolute atomic E-state index is 0.241. The Kier molecular flexibility index (Phi) is 4.59. The molecule has 5 aliphatic rings. The average Bonchev–Trinajstić information content (AvgIpc) is 3.06. The van der Waals surface area contributed by atoms with Crippen LogP contribution in [-0.4, -0.2) is 30.7 Å². The van der Waals surface area contributed by atoms with Crippen LogP contribution < -0.4 is 5.73 Å². The van der Waals surface area contributed by atoms with Gasteiger partial charge in [-0.3, -0.25) is 0 Å². The molecule has 2 N–H and O–H groups in total. The van der Waals surface area contributed by atoms with Crippen LogP contribution in [0.2, 0.25) is 8.63 Å². The van der Waals surface area contributed by atoms with E-state index in [9.17, 15) is 0 Å². The van der Waals surface area contributed by atoms with Gasteiger partial charge in [0.05, 0.1) is 0 Å². The number of rotatable bonds is 4. The number of nitrogens with zero attached hydrogens (tertiary/aromatic N) is 1. The molecule has 4 aliphatic carbocycles. The van der Waals surface area contributed by atoms with Crippen LogP contribution in [0.25, 0.3) is 0 Å². The Bertz CT molecular complexity index is 827. The van der Waals surface area contributed by atoms with Crippen molar-refractivity contribution in [3.63, 3.8) is 0 Å². The normalized spacial score (nSPS) is 46.0. The third-order valence-electron chi connectivity index (χ3n) is 9.43. The zero-order chi connectivity index (χ0) is 19.7. The number of nitrogens with two attached hydrogens (primary N) is 1. The number of pyridine rings is 1. The Hall–Kier alpha value is -0.281. The molecule has 0 amide bonds. The molecule has 1 spiro atoms. The van der Waals surface area contributed by atoms with E-state index < -0.39 is 0 Å². The number of aryl methyl sites for hydroxylation is 1. The van der Waals surface area contributed by atoms with Crippen LogP contribution >= 0.6 is 12.6 Å². The first-order chi connectivity index (χ1) is 14.1. The van der Waals surface area contributed by atoms with Gasteiger partial charge in [-0.15, -0.1) is 0 Å². The monoisotopic (exact) mass is 474 g/mol. The van der Waals surface area contributed by atoms with E-state index in [1.54, 1.807) is 5.57 Å². The number of hydrogen-bond acceptors (Lipinski definition) is 3. The second kappa shape index (κ2) is 6.86. The SMILES string of the molecule is NC(CCc1cccnc1)C1CCC2C13CCC1C4(S)CCCCC4=CCC12[Se]3. The summed E-state index contributed by atoms with van der Waals surface area (Å²) in [6.45, 7) is 0. The summed E-state index contributed by atoms with van der Waals surface area (Å²) in [6, 6.07) is 4.62. The Labute approximate surface area is 187 Å². The summed E-state index contributed by atoms with van der Waals surface area (Å²) in [5, 5.41) is 0. The summed E-state index contributed by atoms with van der Waals surface area (Å²) in [4.78, 5) is 4.28. The Balaban J connectivity index is 1.22. The molecule has 1 aromatic heterocycles. The molecule has 0 aromatic carbocycles. The fourth-order valence-corrected chi connectivity index (χ4v) is 15.0. The van der Waals surface area contributed by atoms with Gasteiger partial charge in [0.2, 0.25) is 0 Å². The van der Waals surface area contributed by atoms with Gasteiger partial charge in [0.1, 0.15) is 0 Å². The quantitative estimate of drug-likeness (QED) is 0.350. The Morgan fingerprint density at radius 1 is 1.17 bits per heavy atom. The van der Waals surface area contributed by atoms with Crippen molar-refractivity contribution in [2.75, 3.05) is 0 Å². The van der Waals surface area contributed by atoms with Gasteiger partial charge >= 0.3 is 188 Å². The molecular weight excluding hydrogens is 439 g/mol. The zero-order valence-electron chi connectivity index (χ0n) is 17.4. The Morgan fingerprint density at radius 3 is 2.97 bits per heavy atom. The van der Waals surface area contributed by atoms with Gasteiger partial charge in [-0.25, -0.2) is 0 Å². The van der Waals surface area contributed by atoms with Crippen molar-refractivity contribution < 1.29 is 0 Å². The fraction of sp³-hybridized carbons (Fsp3) is 0.720. The summed E-state index contributed by atoms with van der Waals surface area (Å²) < 4.78 is 1.50. The number of allylic oxidation sites excluding steroid dienone is 1.